The molecule has 2 heterocycles. The molecule has 23 heavy (non-hydrogen) atoms. The van der Waals surface area contributed by atoms with Crippen molar-refractivity contribution < 1.29 is 18.7 Å². The van der Waals surface area contributed by atoms with Crippen molar-refractivity contribution in [1.29, 1.82) is 0 Å². The number of aryl methyl sites for hydroxylation is 1. The van der Waals surface area contributed by atoms with Crippen LogP contribution < -0.4 is 10.9 Å². The summed E-state index contributed by atoms with van der Waals surface area (Å²) in [5, 5.41) is 11.9. The lowest BCUT2D eigenvalue weighted by Crippen LogP contribution is -2.27. The molecule has 0 saturated carbocycles. The average molecular weight is 320 g/mol. The monoisotopic (exact) mass is 320 g/mol. The van der Waals surface area contributed by atoms with E-state index in [9.17, 15) is 23.5 Å². The van der Waals surface area contributed by atoms with E-state index in [4.69, 9.17) is 0 Å². The minimum atomic E-state index is -1.36. The van der Waals surface area contributed by atoms with E-state index in [-0.39, 0.29) is 23.5 Å². The summed E-state index contributed by atoms with van der Waals surface area (Å²) < 4.78 is 29.5. The van der Waals surface area contributed by atoms with Gasteiger partial charge >= 0.3 is 5.97 Å². The third-order valence-corrected chi connectivity index (χ3v) is 3.91. The van der Waals surface area contributed by atoms with Gasteiger partial charge in [0.2, 0.25) is 5.82 Å². The number of anilines is 2. The zero-order valence-electron chi connectivity index (χ0n) is 12.3. The molecule has 3 rings (SSSR count). The van der Waals surface area contributed by atoms with Gasteiger partial charge in [-0.25, -0.2) is 9.18 Å². The first kappa shape index (κ1) is 15.2. The van der Waals surface area contributed by atoms with E-state index in [1.807, 2.05) is 0 Å². The molecule has 0 fully saturated rings. The number of aromatic carboxylic acids is 1. The molecule has 1 aliphatic heterocycles. The lowest BCUT2D eigenvalue weighted by molar-refractivity contribution is 0.0695. The van der Waals surface area contributed by atoms with E-state index in [1.165, 1.54) is 12.1 Å². The maximum Gasteiger partial charge on any atom is 0.339 e. The van der Waals surface area contributed by atoms with Crippen LogP contribution in [-0.2, 0) is 13.0 Å². The molecule has 0 saturated heterocycles. The predicted molar refractivity (Wildman–Crippen MR) is 80.4 cm³/mol. The topological polar surface area (TPSA) is 71.3 Å². The van der Waals surface area contributed by atoms with Gasteiger partial charge in [-0.15, -0.1) is 0 Å². The maximum atomic E-state index is 14.4. The summed E-state index contributed by atoms with van der Waals surface area (Å²) in [5.41, 5.74) is -0.852. The molecule has 0 unspecified atom stereocenters. The summed E-state index contributed by atoms with van der Waals surface area (Å²) in [5.74, 6) is -3.22. The highest BCUT2D eigenvalue weighted by Gasteiger charge is 2.29. The molecule has 2 N–H and O–H groups in total. The fourth-order valence-corrected chi connectivity index (χ4v) is 2.84. The molecular formula is C16H14F2N2O3. The van der Waals surface area contributed by atoms with Crippen LogP contribution >= 0.6 is 0 Å². The fraction of sp³-hybridized carbons (Fsp3) is 0.250. The quantitative estimate of drug-likeness (QED) is 0.912. The number of hydrogen-bond acceptors (Lipinski definition) is 3. The number of pyridine rings is 1. The van der Waals surface area contributed by atoms with E-state index in [0.29, 0.717) is 18.4 Å². The number of carboxylic acids is 1. The lowest BCUT2D eigenvalue weighted by atomic mass is 10.1. The van der Waals surface area contributed by atoms with Crippen molar-refractivity contribution in [2.75, 3.05) is 5.32 Å². The molecule has 0 amide bonds. The molecule has 0 radical (unpaired) electrons. The van der Waals surface area contributed by atoms with E-state index in [1.54, 1.807) is 13.0 Å². The van der Waals surface area contributed by atoms with Crippen LogP contribution in [0.3, 0.4) is 0 Å². The Bertz CT molecular complexity index is 875. The molecule has 0 bridgehead atoms. The molecule has 120 valence electrons. The van der Waals surface area contributed by atoms with Gasteiger partial charge in [0.15, 0.2) is 0 Å². The molecule has 1 aromatic heterocycles. The van der Waals surface area contributed by atoms with Crippen molar-refractivity contribution in [1.82, 2.24) is 4.57 Å². The first-order valence-corrected chi connectivity index (χ1v) is 7.11. The molecule has 0 atom stereocenters. The zero-order chi connectivity index (χ0) is 16.7. The Morgan fingerprint density at radius 2 is 2.09 bits per heavy atom. The van der Waals surface area contributed by atoms with Gasteiger partial charge in [-0.1, -0.05) is 6.07 Å². The fourth-order valence-electron chi connectivity index (χ4n) is 2.84. The van der Waals surface area contributed by atoms with Crippen LogP contribution in [0.5, 0.6) is 0 Å². The van der Waals surface area contributed by atoms with Crippen LogP contribution in [0.25, 0.3) is 0 Å². The Morgan fingerprint density at radius 1 is 1.35 bits per heavy atom. The SMILES string of the molecule is Cc1ccc(Nc2c(C(=O)O)c3n(c(=O)c2F)CCC3)c(F)c1. The number of carbonyl (C=O) groups is 1. The number of rotatable bonds is 3. The van der Waals surface area contributed by atoms with Crippen molar-refractivity contribution in [3.8, 4) is 0 Å². The normalized spacial score (nSPS) is 13.0. The van der Waals surface area contributed by atoms with Crippen molar-refractivity contribution in [2.45, 2.75) is 26.3 Å². The van der Waals surface area contributed by atoms with Crippen LogP contribution in [0.2, 0.25) is 0 Å². The number of benzene rings is 1. The van der Waals surface area contributed by atoms with Crippen LogP contribution in [-0.4, -0.2) is 15.6 Å². The molecule has 5 nitrogen and oxygen atoms in total. The van der Waals surface area contributed by atoms with Crippen LogP contribution in [0.1, 0.15) is 28.0 Å². The van der Waals surface area contributed by atoms with Crippen molar-refractivity contribution in [3.05, 3.63) is 57.0 Å². The third kappa shape index (κ3) is 2.48. The van der Waals surface area contributed by atoms with E-state index < -0.39 is 28.9 Å². The molecule has 0 aliphatic carbocycles. The summed E-state index contributed by atoms with van der Waals surface area (Å²) >= 11 is 0. The smallest absolute Gasteiger partial charge is 0.339 e. The van der Waals surface area contributed by atoms with Gasteiger partial charge in [0.1, 0.15) is 11.4 Å². The minimum Gasteiger partial charge on any atom is -0.478 e. The molecule has 2 aromatic rings. The average Bonchev–Trinajstić information content (AvgIpc) is 2.96. The highest BCUT2D eigenvalue weighted by atomic mass is 19.1. The number of aromatic nitrogens is 1. The minimum absolute atomic E-state index is 0.0839. The van der Waals surface area contributed by atoms with Crippen molar-refractivity contribution >= 4 is 17.3 Å². The van der Waals surface area contributed by atoms with Crippen molar-refractivity contribution in [2.24, 2.45) is 0 Å². The number of halogens is 2. The third-order valence-electron chi connectivity index (χ3n) is 3.91. The number of nitrogens with zero attached hydrogens (tertiary/aromatic N) is 1. The number of fused-ring (bicyclic) bond motifs is 1. The Labute approximate surface area is 130 Å². The van der Waals surface area contributed by atoms with Gasteiger partial charge in [-0.3, -0.25) is 4.79 Å². The van der Waals surface area contributed by atoms with Gasteiger partial charge < -0.3 is 15.0 Å². The van der Waals surface area contributed by atoms with Crippen LogP contribution in [0.4, 0.5) is 20.2 Å². The first-order chi connectivity index (χ1) is 10.9. The summed E-state index contributed by atoms with van der Waals surface area (Å²) in [6.45, 7) is 1.97. The second-order valence-electron chi connectivity index (χ2n) is 5.48. The summed E-state index contributed by atoms with van der Waals surface area (Å²) in [6, 6.07) is 4.21. The molecular weight excluding hydrogens is 306 g/mol. The summed E-state index contributed by atoms with van der Waals surface area (Å²) in [6.07, 6.45) is 0.930. The van der Waals surface area contributed by atoms with Crippen LogP contribution in [0, 0.1) is 18.6 Å². The maximum absolute atomic E-state index is 14.4. The van der Waals surface area contributed by atoms with Gasteiger partial charge in [0, 0.05) is 12.2 Å². The van der Waals surface area contributed by atoms with Gasteiger partial charge in [-0.05, 0) is 37.5 Å². The zero-order valence-corrected chi connectivity index (χ0v) is 12.3. The van der Waals surface area contributed by atoms with E-state index in [2.05, 4.69) is 5.32 Å². The number of nitrogens with one attached hydrogen (secondary N) is 1. The molecule has 0 spiro atoms. The number of hydrogen-bond donors (Lipinski definition) is 2. The molecule has 7 heteroatoms. The second kappa shape index (κ2) is 5.49. The Kier molecular flexibility index (Phi) is 3.63. The van der Waals surface area contributed by atoms with Crippen LogP contribution in [0.15, 0.2) is 23.0 Å². The summed E-state index contributed by atoms with van der Waals surface area (Å²) in [4.78, 5) is 23.6. The highest BCUT2D eigenvalue weighted by molar-refractivity contribution is 5.96. The van der Waals surface area contributed by atoms with E-state index >= 15 is 0 Å². The van der Waals surface area contributed by atoms with Gasteiger partial charge in [0.25, 0.3) is 5.56 Å². The van der Waals surface area contributed by atoms with Crippen molar-refractivity contribution in [3.63, 3.8) is 0 Å². The predicted octanol–water partition coefficient (Wildman–Crippen LogP) is 2.82. The van der Waals surface area contributed by atoms with Gasteiger partial charge in [-0.2, -0.15) is 4.39 Å². The molecule has 1 aliphatic rings. The number of carboxylic acid groups (broad SMARTS) is 1. The van der Waals surface area contributed by atoms with Gasteiger partial charge in [0.05, 0.1) is 11.4 Å². The highest BCUT2D eigenvalue weighted by Crippen LogP contribution is 2.30. The lowest BCUT2D eigenvalue weighted by Gasteiger charge is -2.15. The second-order valence-corrected chi connectivity index (χ2v) is 5.48. The first-order valence-electron chi connectivity index (χ1n) is 7.11. The summed E-state index contributed by atoms with van der Waals surface area (Å²) in [7, 11) is 0. The molecule has 1 aromatic carbocycles. The standard InChI is InChI=1S/C16H14F2N2O3/c1-8-4-5-10(9(17)7-8)19-14-12(16(22)23)11-3-2-6-20(11)15(21)13(14)18/h4-5,7,19H,2-3,6H2,1H3,(H,22,23). The van der Waals surface area contributed by atoms with E-state index in [0.717, 1.165) is 4.57 Å². The Hall–Kier alpha value is -2.70. The Balaban J connectivity index is 2.21. The largest absolute Gasteiger partial charge is 0.478 e. The Morgan fingerprint density at radius 3 is 2.74 bits per heavy atom.